The number of rotatable bonds is 3. The number of likely N-dealkylation sites (N-methyl/N-ethyl adjacent to an activating group) is 1. The van der Waals surface area contributed by atoms with E-state index in [4.69, 9.17) is 11.6 Å². The quantitative estimate of drug-likeness (QED) is 0.893. The maximum Gasteiger partial charge on any atom is 0.253 e. The minimum atomic E-state index is -0.0628. The third kappa shape index (κ3) is 3.61. The zero-order valence-corrected chi connectivity index (χ0v) is 12.1. The molecule has 1 saturated heterocycles. The SMILES string of the molecule is CNc1ccc(Cl)cc1C(=O)N[C@H]1CCCN(C)C1. The lowest BCUT2D eigenvalue weighted by Gasteiger charge is -2.30. The van der Waals surface area contributed by atoms with Gasteiger partial charge in [0.1, 0.15) is 0 Å². The van der Waals surface area contributed by atoms with E-state index in [2.05, 4.69) is 22.6 Å². The van der Waals surface area contributed by atoms with Gasteiger partial charge in [-0.3, -0.25) is 4.79 Å². The molecule has 2 N–H and O–H groups in total. The number of hydrogen-bond acceptors (Lipinski definition) is 3. The average molecular weight is 282 g/mol. The van der Waals surface area contributed by atoms with Crippen LogP contribution < -0.4 is 10.6 Å². The summed E-state index contributed by atoms with van der Waals surface area (Å²) in [4.78, 5) is 14.6. The Labute approximate surface area is 119 Å². The van der Waals surface area contributed by atoms with Crippen LogP contribution in [0.25, 0.3) is 0 Å². The Balaban J connectivity index is 2.09. The van der Waals surface area contributed by atoms with Crippen LogP contribution in [0.2, 0.25) is 5.02 Å². The molecule has 0 bridgehead atoms. The Morgan fingerprint density at radius 3 is 2.95 bits per heavy atom. The summed E-state index contributed by atoms with van der Waals surface area (Å²) in [6, 6.07) is 5.52. The number of likely N-dealkylation sites (tertiary alicyclic amines) is 1. The fourth-order valence-corrected chi connectivity index (χ4v) is 2.64. The summed E-state index contributed by atoms with van der Waals surface area (Å²) >= 11 is 5.97. The standard InChI is InChI=1S/C14H20ClN3O/c1-16-13-6-5-10(15)8-12(13)14(19)17-11-4-3-7-18(2)9-11/h5-6,8,11,16H,3-4,7,9H2,1-2H3,(H,17,19)/t11-/m0/s1. The highest BCUT2D eigenvalue weighted by Gasteiger charge is 2.20. The third-order valence-corrected chi connectivity index (χ3v) is 3.69. The Morgan fingerprint density at radius 1 is 1.47 bits per heavy atom. The lowest BCUT2D eigenvalue weighted by molar-refractivity contribution is 0.0913. The maximum absolute atomic E-state index is 12.3. The average Bonchev–Trinajstić information content (AvgIpc) is 2.38. The van der Waals surface area contributed by atoms with Crippen molar-refractivity contribution in [1.29, 1.82) is 0 Å². The molecule has 1 atom stereocenters. The van der Waals surface area contributed by atoms with E-state index in [0.717, 1.165) is 31.6 Å². The lowest BCUT2D eigenvalue weighted by atomic mass is 10.1. The van der Waals surface area contributed by atoms with E-state index in [1.165, 1.54) is 0 Å². The van der Waals surface area contributed by atoms with Crippen molar-refractivity contribution in [3.05, 3.63) is 28.8 Å². The summed E-state index contributed by atoms with van der Waals surface area (Å²) in [6.07, 6.45) is 2.15. The summed E-state index contributed by atoms with van der Waals surface area (Å²) in [5, 5.41) is 6.68. The van der Waals surface area contributed by atoms with Gasteiger partial charge in [0.15, 0.2) is 0 Å². The van der Waals surface area contributed by atoms with Gasteiger partial charge < -0.3 is 15.5 Å². The third-order valence-electron chi connectivity index (χ3n) is 3.46. The lowest BCUT2D eigenvalue weighted by Crippen LogP contribution is -2.46. The number of piperidine rings is 1. The number of carbonyl (C=O) groups excluding carboxylic acids is 1. The monoisotopic (exact) mass is 281 g/mol. The summed E-state index contributed by atoms with van der Waals surface area (Å²) in [6.45, 7) is 2.01. The Bertz CT molecular complexity index is 464. The van der Waals surface area contributed by atoms with Gasteiger partial charge in [-0.25, -0.2) is 0 Å². The molecule has 0 aromatic heterocycles. The number of benzene rings is 1. The molecule has 104 valence electrons. The number of nitrogens with one attached hydrogen (secondary N) is 2. The predicted molar refractivity (Wildman–Crippen MR) is 79.0 cm³/mol. The molecule has 19 heavy (non-hydrogen) atoms. The maximum atomic E-state index is 12.3. The molecule has 2 rings (SSSR count). The summed E-state index contributed by atoms with van der Waals surface area (Å²) < 4.78 is 0. The van der Waals surface area contributed by atoms with Crippen molar-refractivity contribution in [2.45, 2.75) is 18.9 Å². The summed E-state index contributed by atoms with van der Waals surface area (Å²) in [5.74, 6) is -0.0628. The van der Waals surface area contributed by atoms with Crippen LogP contribution in [0.15, 0.2) is 18.2 Å². The number of hydrogen-bond donors (Lipinski definition) is 2. The Morgan fingerprint density at radius 2 is 2.26 bits per heavy atom. The normalized spacial score (nSPS) is 20.1. The smallest absolute Gasteiger partial charge is 0.253 e. The van der Waals surface area contributed by atoms with Crippen LogP contribution in [0.4, 0.5) is 5.69 Å². The van der Waals surface area contributed by atoms with Gasteiger partial charge in [0.2, 0.25) is 0 Å². The van der Waals surface area contributed by atoms with Crippen LogP contribution in [0, 0.1) is 0 Å². The molecule has 0 saturated carbocycles. The molecule has 0 aliphatic carbocycles. The topological polar surface area (TPSA) is 44.4 Å². The van der Waals surface area contributed by atoms with Gasteiger partial charge >= 0.3 is 0 Å². The number of nitrogens with zero attached hydrogens (tertiary/aromatic N) is 1. The van der Waals surface area contributed by atoms with Crippen LogP contribution in [0.5, 0.6) is 0 Å². The van der Waals surface area contributed by atoms with E-state index in [9.17, 15) is 4.79 Å². The van der Waals surface area contributed by atoms with Crippen molar-refractivity contribution in [1.82, 2.24) is 10.2 Å². The van der Waals surface area contributed by atoms with Crippen molar-refractivity contribution >= 4 is 23.2 Å². The second-order valence-electron chi connectivity index (χ2n) is 5.01. The van der Waals surface area contributed by atoms with Crippen LogP contribution in [-0.4, -0.2) is 44.0 Å². The van der Waals surface area contributed by atoms with Crippen molar-refractivity contribution < 1.29 is 4.79 Å². The largest absolute Gasteiger partial charge is 0.387 e. The number of anilines is 1. The molecule has 1 aromatic rings. The molecule has 0 radical (unpaired) electrons. The van der Waals surface area contributed by atoms with Gasteiger partial charge in [-0.1, -0.05) is 11.6 Å². The minimum absolute atomic E-state index is 0.0628. The first kappa shape index (κ1) is 14.2. The van der Waals surface area contributed by atoms with Crippen LogP contribution >= 0.6 is 11.6 Å². The molecule has 1 aliphatic heterocycles. The van der Waals surface area contributed by atoms with Crippen LogP contribution in [0.3, 0.4) is 0 Å². The van der Waals surface area contributed by atoms with Crippen molar-refractivity contribution in [3.63, 3.8) is 0 Å². The van der Waals surface area contributed by atoms with Gasteiger partial charge in [0.05, 0.1) is 5.56 Å². The highest BCUT2D eigenvalue weighted by Crippen LogP contribution is 2.20. The highest BCUT2D eigenvalue weighted by molar-refractivity contribution is 6.31. The number of carbonyl (C=O) groups is 1. The molecule has 1 aromatic carbocycles. The van der Waals surface area contributed by atoms with E-state index >= 15 is 0 Å². The second kappa shape index (κ2) is 6.26. The van der Waals surface area contributed by atoms with Gasteiger partial charge in [-0.2, -0.15) is 0 Å². The van der Waals surface area contributed by atoms with Gasteiger partial charge in [0.25, 0.3) is 5.91 Å². The number of amides is 1. The zero-order valence-electron chi connectivity index (χ0n) is 11.4. The molecular formula is C14H20ClN3O. The number of halogens is 1. The molecule has 0 spiro atoms. The summed E-state index contributed by atoms with van der Waals surface area (Å²) in [7, 11) is 3.88. The molecule has 1 amide bonds. The second-order valence-corrected chi connectivity index (χ2v) is 5.45. The highest BCUT2D eigenvalue weighted by atomic mass is 35.5. The first-order valence-electron chi connectivity index (χ1n) is 6.57. The van der Waals surface area contributed by atoms with E-state index in [-0.39, 0.29) is 11.9 Å². The molecule has 1 fully saturated rings. The molecule has 4 nitrogen and oxygen atoms in total. The fraction of sp³-hybridized carbons (Fsp3) is 0.500. The molecule has 5 heteroatoms. The van der Waals surface area contributed by atoms with E-state index in [1.807, 2.05) is 6.07 Å². The first-order chi connectivity index (χ1) is 9.10. The van der Waals surface area contributed by atoms with Crippen LogP contribution in [-0.2, 0) is 0 Å². The van der Waals surface area contributed by atoms with E-state index in [0.29, 0.717) is 10.6 Å². The van der Waals surface area contributed by atoms with Gasteiger partial charge in [0, 0.05) is 30.3 Å². The van der Waals surface area contributed by atoms with Crippen molar-refractivity contribution in [2.24, 2.45) is 0 Å². The molecule has 1 aliphatic rings. The van der Waals surface area contributed by atoms with Crippen LogP contribution in [0.1, 0.15) is 23.2 Å². The zero-order chi connectivity index (χ0) is 13.8. The minimum Gasteiger partial charge on any atom is -0.387 e. The van der Waals surface area contributed by atoms with Crippen molar-refractivity contribution in [3.8, 4) is 0 Å². The molecular weight excluding hydrogens is 262 g/mol. The van der Waals surface area contributed by atoms with E-state index < -0.39 is 0 Å². The Kier molecular flexibility index (Phi) is 4.66. The fourth-order valence-electron chi connectivity index (χ4n) is 2.47. The van der Waals surface area contributed by atoms with Crippen molar-refractivity contribution in [2.75, 3.05) is 32.5 Å². The molecule has 0 unspecified atom stereocenters. The van der Waals surface area contributed by atoms with Gasteiger partial charge in [-0.15, -0.1) is 0 Å². The van der Waals surface area contributed by atoms with Gasteiger partial charge in [-0.05, 0) is 44.6 Å². The molecule has 1 heterocycles. The summed E-state index contributed by atoms with van der Waals surface area (Å²) in [5.41, 5.74) is 1.40. The van der Waals surface area contributed by atoms with E-state index in [1.54, 1.807) is 19.2 Å². The Hall–Kier alpha value is -1.26. The first-order valence-corrected chi connectivity index (χ1v) is 6.94. The predicted octanol–water partition coefficient (Wildman–Crippen LogP) is 2.21.